The number of benzene rings is 2. The quantitative estimate of drug-likeness (QED) is 0.753. The van der Waals surface area contributed by atoms with Gasteiger partial charge in [-0.25, -0.2) is 4.39 Å². The van der Waals surface area contributed by atoms with Gasteiger partial charge in [-0.2, -0.15) is 0 Å². The molecule has 0 amide bonds. The Morgan fingerprint density at radius 2 is 1.57 bits per heavy atom. The van der Waals surface area contributed by atoms with Crippen LogP contribution < -0.4 is 0 Å². The van der Waals surface area contributed by atoms with Crippen LogP contribution in [0.1, 0.15) is 48.6 Å². The van der Waals surface area contributed by atoms with Gasteiger partial charge in [0.15, 0.2) is 0 Å². The van der Waals surface area contributed by atoms with Crippen LogP contribution in [-0.4, -0.2) is 4.21 Å². The normalized spacial score (nSPS) is 13.1. The molecule has 0 aromatic heterocycles. The van der Waals surface area contributed by atoms with E-state index < -0.39 is 10.8 Å². The van der Waals surface area contributed by atoms with Gasteiger partial charge < -0.3 is 0 Å². The lowest BCUT2D eigenvalue weighted by Crippen LogP contribution is -2.13. The minimum Gasteiger partial charge on any atom is -0.259 e. The van der Waals surface area contributed by atoms with E-state index in [0.29, 0.717) is 11.3 Å². The van der Waals surface area contributed by atoms with E-state index in [2.05, 4.69) is 46.8 Å². The van der Waals surface area contributed by atoms with E-state index in [0.717, 1.165) is 16.7 Å². The maximum atomic E-state index is 13.7. The molecular formula is C20H25FOS. The Balaban J connectivity index is 2.20. The summed E-state index contributed by atoms with van der Waals surface area (Å²) < 4.78 is 26.2. The SMILES string of the molecule is Cc1cc(C(C)(C)C)cc(C)c1C[S@](=O)Cc1ccccc1F. The van der Waals surface area contributed by atoms with Crippen LogP contribution in [0.4, 0.5) is 4.39 Å². The van der Waals surface area contributed by atoms with Gasteiger partial charge in [0.2, 0.25) is 0 Å². The highest BCUT2D eigenvalue weighted by molar-refractivity contribution is 7.83. The van der Waals surface area contributed by atoms with E-state index in [4.69, 9.17) is 0 Å². The van der Waals surface area contributed by atoms with Crippen LogP contribution in [0.5, 0.6) is 0 Å². The molecule has 3 heteroatoms. The highest BCUT2D eigenvalue weighted by Crippen LogP contribution is 2.27. The summed E-state index contributed by atoms with van der Waals surface area (Å²) in [6.45, 7) is 10.7. The van der Waals surface area contributed by atoms with E-state index in [9.17, 15) is 8.60 Å². The van der Waals surface area contributed by atoms with E-state index in [1.807, 2.05) is 0 Å². The molecule has 0 heterocycles. The summed E-state index contributed by atoms with van der Waals surface area (Å²) in [5.74, 6) is 0.445. The van der Waals surface area contributed by atoms with Crippen molar-refractivity contribution in [2.24, 2.45) is 0 Å². The van der Waals surface area contributed by atoms with Crippen molar-refractivity contribution in [3.05, 3.63) is 70.0 Å². The third-order valence-corrected chi connectivity index (χ3v) is 5.39. The van der Waals surface area contributed by atoms with Gasteiger partial charge in [-0.3, -0.25) is 4.21 Å². The predicted molar refractivity (Wildman–Crippen MR) is 96.6 cm³/mol. The molecule has 124 valence electrons. The maximum Gasteiger partial charge on any atom is 0.127 e. The zero-order valence-corrected chi connectivity index (χ0v) is 15.4. The molecule has 23 heavy (non-hydrogen) atoms. The maximum absolute atomic E-state index is 13.7. The van der Waals surface area contributed by atoms with Gasteiger partial charge in [0.1, 0.15) is 5.82 Å². The van der Waals surface area contributed by atoms with Gasteiger partial charge >= 0.3 is 0 Å². The summed E-state index contributed by atoms with van der Waals surface area (Å²) in [5, 5.41) is 0. The van der Waals surface area contributed by atoms with Crippen molar-refractivity contribution in [1.29, 1.82) is 0 Å². The first-order valence-corrected chi connectivity index (χ1v) is 9.36. The van der Waals surface area contributed by atoms with E-state index in [1.165, 1.54) is 11.6 Å². The molecule has 0 aliphatic carbocycles. The second-order valence-corrected chi connectivity index (χ2v) is 8.62. The van der Waals surface area contributed by atoms with Crippen LogP contribution in [0.15, 0.2) is 36.4 Å². The molecule has 2 aromatic carbocycles. The van der Waals surface area contributed by atoms with Crippen molar-refractivity contribution in [3.8, 4) is 0 Å². The molecule has 0 spiro atoms. The molecular weight excluding hydrogens is 307 g/mol. The Kier molecular flexibility index (Phi) is 5.41. The fraction of sp³-hybridized carbons (Fsp3) is 0.400. The van der Waals surface area contributed by atoms with Crippen molar-refractivity contribution in [2.45, 2.75) is 51.5 Å². The number of hydrogen-bond donors (Lipinski definition) is 0. The Labute approximate surface area is 141 Å². The molecule has 0 fully saturated rings. The molecule has 0 saturated heterocycles. The Morgan fingerprint density at radius 1 is 1.00 bits per heavy atom. The monoisotopic (exact) mass is 332 g/mol. The zero-order valence-electron chi connectivity index (χ0n) is 14.6. The fourth-order valence-corrected chi connectivity index (χ4v) is 4.12. The first kappa shape index (κ1) is 17.9. The van der Waals surface area contributed by atoms with E-state index >= 15 is 0 Å². The van der Waals surface area contributed by atoms with Crippen LogP contribution in [-0.2, 0) is 27.7 Å². The summed E-state index contributed by atoms with van der Waals surface area (Å²) in [6, 6.07) is 10.9. The Hall–Kier alpha value is -1.48. The van der Waals surface area contributed by atoms with Crippen molar-refractivity contribution in [2.75, 3.05) is 0 Å². The van der Waals surface area contributed by atoms with Crippen molar-refractivity contribution in [3.63, 3.8) is 0 Å². The van der Waals surface area contributed by atoms with Crippen molar-refractivity contribution in [1.82, 2.24) is 0 Å². The first-order valence-electron chi connectivity index (χ1n) is 7.87. The third kappa shape index (κ3) is 4.51. The summed E-state index contributed by atoms with van der Waals surface area (Å²) in [7, 11) is -1.12. The molecule has 0 N–H and O–H groups in total. The minimum atomic E-state index is -1.12. The molecule has 0 unspecified atom stereocenters. The highest BCUT2D eigenvalue weighted by atomic mass is 32.2. The van der Waals surface area contributed by atoms with Gasteiger partial charge in [0.05, 0.1) is 5.75 Å². The van der Waals surface area contributed by atoms with E-state index in [-0.39, 0.29) is 17.0 Å². The molecule has 0 aliphatic rings. The second-order valence-electron chi connectivity index (χ2n) is 7.16. The minimum absolute atomic E-state index is 0.0976. The predicted octanol–water partition coefficient (Wildman–Crippen LogP) is 5.19. The summed E-state index contributed by atoms with van der Waals surface area (Å²) in [6.07, 6.45) is 0. The average Bonchev–Trinajstić information content (AvgIpc) is 2.44. The molecule has 1 atom stereocenters. The second kappa shape index (κ2) is 6.96. The number of halogens is 1. The van der Waals surface area contributed by atoms with Crippen LogP contribution in [0.25, 0.3) is 0 Å². The standard InChI is InChI=1S/C20H25FOS/c1-14-10-17(20(3,4)5)11-15(2)18(14)13-23(22)12-16-8-6-7-9-19(16)21/h6-11H,12-13H2,1-5H3/t23-/m1/s1. The lowest BCUT2D eigenvalue weighted by molar-refractivity contribution is 0.589. The number of rotatable bonds is 4. The smallest absolute Gasteiger partial charge is 0.127 e. The summed E-state index contributed by atoms with van der Waals surface area (Å²) in [4.78, 5) is 0. The molecule has 0 bridgehead atoms. The highest BCUT2D eigenvalue weighted by Gasteiger charge is 2.17. The Bertz CT molecular complexity index is 706. The molecule has 2 rings (SSSR count). The molecule has 0 saturated carbocycles. The Morgan fingerprint density at radius 3 is 2.09 bits per heavy atom. The van der Waals surface area contributed by atoms with Crippen LogP contribution in [0, 0.1) is 19.7 Å². The average molecular weight is 332 g/mol. The first-order chi connectivity index (χ1) is 10.7. The van der Waals surface area contributed by atoms with Crippen LogP contribution in [0.2, 0.25) is 0 Å². The summed E-state index contributed by atoms with van der Waals surface area (Å²) >= 11 is 0. The van der Waals surface area contributed by atoms with Crippen LogP contribution in [0.3, 0.4) is 0 Å². The van der Waals surface area contributed by atoms with Crippen LogP contribution >= 0.6 is 0 Å². The van der Waals surface area contributed by atoms with Gasteiger partial charge in [-0.05, 0) is 47.6 Å². The largest absolute Gasteiger partial charge is 0.259 e. The molecule has 0 radical (unpaired) electrons. The number of hydrogen-bond acceptors (Lipinski definition) is 1. The summed E-state index contributed by atoms with van der Waals surface area (Å²) in [5.41, 5.74) is 5.35. The molecule has 2 aromatic rings. The molecule has 0 aliphatic heterocycles. The lowest BCUT2D eigenvalue weighted by Gasteiger charge is -2.22. The fourth-order valence-electron chi connectivity index (χ4n) is 2.66. The van der Waals surface area contributed by atoms with Crippen molar-refractivity contribution < 1.29 is 8.60 Å². The van der Waals surface area contributed by atoms with Gasteiger partial charge in [-0.15, -0.1) is 0 Å². The van der Waals surface area contributed by atoms with Gasteiger partial charge in [0.25, 0.3) is 0 Å². The van der Waals surface area contributed by atoms with E-state index in [1.54, 1.807) is 18.2 Å². The number of aryl methyl sites for hydroxylation is 2. The third-order valence-electron chi connectivity index (χ3n) is 4.14. The topological polar surface area (TPSA) is 17.1 Å². The zero-order chi connectivity index (χ0) is 17.2. The van der Waals surface area contributed by atoms with Gasteiger partial charge in [-0.1, -0.05) is 51.1 Å². The van der Waals surface area contributed by atoms with Crippen molar-refractivity contribution >= 4 is 10.8 Å². The molecule has 1 nitrogen and oxygen atoms in total. The lowest BCUT2D eigenvalue weighted by atomic mass is 9.84. The van der Waals surface area contributed by atoms with Gasteiger partial charge in [0, 0.05) is 22.1 Å².